The van der Waals surface area contributed by atoms with Crippen LogP contribution in [-0.2, 0) is 0 Å². The number of ether oxygens (including phenoxy) is 1. The van der Waals surface area contributed by atoms with Crippen molar-refractivity contribution in [2.75, 3.05) is 6.61 Å². The lowest BCUT2D eigenvalue weighted by atomic mass is 10.0. The Hall–Kier alpha value is -2.29. The van der Waals surface area contributed by atoms with Crippen LogP contribution in [0.2, 0.25) is 0 Å². The summed E-state index contributed by atoms with van der Waals surface area (Å²) >= 11 is 0. The molecule has 0 spiro atoms. The second kappa shape index (κ2) is 6.75. The Labute approximate surface area is 118 Å². The van der Waals surface area contributed by atoms with E-state index in [2.05, 4.69) is 6.92 Å². The summed E-state index contributed by atoms with van der Waals surface area (Å²) in [6.07, 6.45) is 2.01. The van der Waals surface area contributed by atoms with Crippen molar-refractivity contribution in [1.82, 2.24) is 0 Å². The summed E-state index contributed by atoms with van der Waals surface area (Å²) in [6.45, 7) is 2.70. The van der Waals surface area contributed by atoms with Gasteiger partial charge in [-0.25, -0.2) is 0 Å². The minimum atomic E-state index is -0.205. The van der Waals surface area contributed by atoms with E-state index in [4.69, 9.17) is 4.74 Å². The van der Waals surface area contributed by atoms with E-state index >= 15 is 0 Å². The van der Waals surface area contributed by atoms with Crippen molar-refractivity contribution >= 4 is 5.78 Å². The van der Waals surface area contributed by atoms with E-state index in [1.54, 1.807) is 36.4 Å². The molecule has 0 saturated carbocycles. The van der Waals surface area contributed by atoms with Gasteiger partial charge < -0.3 is 9.84 Å². The second-order valence-electron chi connectivity index (χ2n) is 4.58. The lowest BCUT2D eigenvalue weighted by molar-refractivity contribution is 0.103. The number of rotatable bonds is 6. The van der Waals surface area contributed by atoms with Crippen LogP contribution in [0.25, 0.3) is 0 Å². The van der Waals surface area contributed by atoms with Gasteiger partial charge in [-0.1, -0.05) is 43.7 Å². The van der Waals surface area contributed by atoms with Crippen molar-refractivity contribution in [1.29, 1.82) is 0 Å². The zero-order chi connectivity index (χ0) is 14.4. The topological polar surface area (TPSA) is 46.5 Å². The molecular formula is C17H18O3. The van der Waals surface area contributed by atoms with Gasteiger partial charge in [0.05, 0.1) is 12.2 Å². The molecule has 104 valence electrons. The molecule has 0 aromatic heterocycles. The van der Waals surface area contributed by atoms with Gasteiger partial charge in [-0.3, -0.25) is 4.79 Å². The molecule has 20 heavy (non-hydrogen) atoms. The third-order valence-corrected chi connectivity index (χ3v) is 3.02. The first kappa shape index (κ1) is 14.1. The van der Waals surface area contributed by atoms with E-state index in [-0.39, 0.29) is 17.1 Å². The smallest absolute Gasteiger partial charge is 0.196 e. The van der Waals surface area contributed by atoms with Gasteiger partial charge >= 0.3 is 0 Å². The molecule has 0 aliphatic rings. The normalized spacial score (nSPS) is 10.2. The molecule has 0 aliphatic carbocycles. The number of carbonyl (C=O) groups is 1. The minimum absolute atomic E-state index is 0.0262. The van der Waals surface area contributed by atoms with Crippen molar-refractivity contribution in [3.8, 4) is 11.5 Å². The van der Waals surface area contributed by atoms with Crippen LogP contribution in [0.15, 0.2) is 48.5 Å². The number of phenols is 1. The van der Waals surface area contributed by atoms with Gasteiger partial charge in [-0.2, -0.15) is 0 Å². The van der Waals surface area contributed by atoms with Gasteiger partial charge in [0.2, 0.25) is 0 Å². The molecule has 0 amide bonds. The summed E-state index contributed by atoms with van der Waals surface area (Å²) in [5.74, 6) is 0.376. The van der Waals surface area contributed by atoms with Gasteiger partial charge in [0, 0.05) is 5.56 Å². The molecule has 1 N–H and O–H groups in total. The number of hydrogen-bond acceptors (Lipinski definition) is 3. The lowest BCUT2D eigenvalue weighted by Gasteiger charge is -2.09. The number of aromatic hydroxyl groups is 1. The third kappa shape index (κ3) is 3.38. The quantitative estimate of drug-likeness (QED) is 0.641. The highest BCUT2D eigenvalue weighted by atomic mass is 16.5. The van der Waals surface area contributed by atoms with Crippen molar-refractivity contribution in [3.63, 3.8) is 0 Å². The minimum Gasteiger partial charge on any atom is -0.507 e. The van der Waals surface area contributed by atoms with Crippen molar-refractivity contribution in [2.45, 2.75) is 19.8 Å². The number of phenolic OH excluding ortho intramolecular Hbond substituents is 1. The number of ketones is 1. The summed E-state index contributed by atoms with van der Waals surface area (Å²) in [6, 6.07) is 13.7. The fourth-order valence-electron chi connectivity index (χ4n) is 1.87. The highest BCUT2D eigenvalue weighted by Crippen LogP contribution is 2.25. The largest absolute Gasteiger partial charge is 0.507 e. The average Bonchev–Trinajstić information content (AvgIpc) is 2.49. The molecule has 3 nitrogen and oxygen atoms in total. The predicted octanol–water partition coefficient (Wildman–Crippen LogP) is 3.80. The Morgan fingerprint density at radius 1 is 1.15 bits per heavy atom. The number of carbonyl (C=O) groups excluding carboxylic acids is 1. The SMILES string of the molecule is CCCCOc1ccc(O)c(C(=O)c2ccccc2)c1. The molecule has 0 saturated heterocycles. The van der Waals surface area contributed by atoms with Crippen LogP contribution < -0.4 is 4.74 Å². The Balaban J connectivity index is 2.22. The van der Waals surface area contributed by atoms with E-state index in [0.717, 1.165) is 12.8 Å². The molecule has 2 aromatic carbocycles. The molecule has 0 radical (unpaired) electrons. The van der Waals surface area contributed by atoms with Crippen LogP contribution in [0.4, 0.5) is 0 Å². The summed E-state index contributed by atoms with van der Waals surface area (Å²) < 4.78 is 5.56. The van der Waals surface area contributed by atoms with Gasteiger partial charge in [-0.05, 0) is 24.6 Å². The van der Waals surface area contributed by atoms with Crippen LogP contribution >= 0.6 is 0 Å². The van der Waals surface area contributed by atoms with E-state index in [1.165, 1.54) is 6.07 Å². The standard InChI is InChI=1S/C17H18O3/c1-2-3-11-20-14-9-10-16(18)15(12-14)17(19)13-7-5-4-6-8-13/h4-10,12,18H,2-3,11H2,1H3. The van der Waals surface area contributed by atoms with Crippen LogP contribution in [0.3, 0.4) is 0 Å². The summed E-state index contributed by atoms with van der Waals surface area (Å²) in [4.78, 5) is 12.3. The highest BCUT2D eigenvalue weighted by molar-refractivity contribution is 6.10. The first-order valence-electron chi connectivity index (χ1n) is 6.78. The van der Waals surface area contributed by atoms with Crippen LogP contribution in [0, 0.1) is 0 Å². The van der Waals surface area contributed by atoms with Crippen molar-refractivity contribution in [2.24, 2.45) is 0 Å². The maximum atomic E-state index is 12.3. The summed E-state index contributed by atoms with van der Waals surface area (Å²) in [7, 11) is 0. The molecule has 2 aromatic rings. The van der Waals surface area contributed by atoms with Gasteiger partial charge in [0.1, 0.15) is 11.5 Å². The summed E-state index contributed by atoms with van der Waals surface area (Å²) in [5, 5.41) is 9.86. The molecule has 2 rings (SSSR count). The molecule has 3 heteroatoms. The molecule has 0 heterocycles. The van der Waals surface area contributed by atoms with Crippen LogP contribution in [-0.4, -0.2) is 17.5 Å². The maximum Gasteiger partial charge on any atom is 0.196 e. The Bertz CT molecular complexity index is 576. The Morgan fingerprint density at radius 2 is 1.90 bits per heavy atom. The van der Waals surface area contributed by atoms with Gasteiger partial charge in [0.15, 0.2) is 5.78 Å². The molecule has 0 bridgehead atoms. The number of benzene rings is 2. The number of unbranched alkanes of at least 4 members (excludes halogenated alkanes) is 1. The molecule has 0 aliphatic heterocycles. The van der Waals surface area contributed by atoms with E-state index < -0.39 is 0 Å². The van der Waals surface area contributed by atoms with Crippen molar-refractivity contribution in [3.05, 3.63) is 59.7 Å². The van der Waals surface area contributed by atoms with Gasteiger partial charge in [0.25, 0.3) is 0 Å². The average molecular weight is 270 g/mol. The molecule has 0 fully saturated rings. The third-order valence-electron chi connectivity index (χ3n) is 3.02. The molecule has 0 atom stereocenters. The zero-order valence-electron chi connectivity index (χ0n) is 11.5. The van der Waals surface area contributed by atoms with Gasteiger partial charge in [-0.15, -0.1) is 0 Å². The van der Waals surface area contributed by atoms with E-state index in [0.29, 0.717) is 17.9 Å². The number of hydrogen-bond donors (Lipinski definition) is 1. The fraction of sp³-hybridized carbons (Fsp3) is 0.235. The Morgan fingerprint density at radius 3 is 2.60 bits per heavy atom. The van der Waals surface area contributed by atoms with Crippen LogP contribution in [0.5, 0.6) is 11.5 Å². The first-order chi connectivity index (χ1) is 9.72. The molecular weight excluding hydrogens is 252 g/mol. The van der Waals surface area contributed by atoms with Crippen LogP contribution in [0.1, 0.15) is 35.7 Å². The first-order valence-corrected chi connectivity index (χ1v) is 6.78. The molecule has 0 unspecified atom stereocenters. The fourth-order valence-corrected chi connectivity index (χ4v) is 1.87. The maximum absolute atomic E-state index is 12.3. The Kier molecular flexibility index (Phi) is 4.77. The highest BCUT2D eigenvalue weighted by Gasteiger charge is 2.14. The van der Waals surface area contributed by atoms with E-state index in [9.17, 15) is 9.90 Å². The second-order valence-corrected chi connectivity index (χ2v) is 4.58. The van der Waals surface area contributed by atoms with Crippen molar-refractivity contribution < 1.29 is 14.6 Å². The monoisotopic (exact) mass is 270 g/mol. The van der Waals surface area contributed by atoms with E-state index in [1.807, 2.05) is 6.07 Å². The lowest BCUT2D eigenvalue weighted by Crippen LogP contribution is -2.03. The zero-order valence-corrected chi connectivity index (χ0v) is 11.5. The predicted molar refractivity (Wildman–Crippen MR) is 78.4 cm³/mol. The summed E-state index contributed by atoms with van der Waals surface area (Å²) in [5.41, 5.74) is 0.818.